The van der Waals surface area contributed by atoms with E-state index < -0.39 is 9.84 Å². The number of aromatic nitrogens is 4. The summed E-state index contributed by atoms with van der Waals surface area (Å²) in [6.07, 6.45) is 1.22. The van der Waals surface area contributed by atoms with Crippen molar-refractivity contribution in [1.82, 2.24) is 19.1 Å². The van der Waals surface area contributed by atoms with Crippen molar-refractivity contribution >= 4 is 31.9 Å². The van der Waals surface area contributed by atoms with Gasteiger partial charge in [0.1, 0.15) is 15.7 Å². The molecule has 7 nitrogen and oxygen atoms in total. The highest BCUT2D eigenvalue weighted by atomic mass is 32.2. The quantitative estimate of drug-likeness (QED) is 0.580. The molecule has 0 fully saturated rings. The number of benzene rings is 2. The van der Waals surface area contributed by atoms with Crippen molar-refractivity contribution in [3.63, 3.8) is 0 Å². The summed E-state index contributed by atoms with van der Waals surface area (Å²) >= 11 is 0. The van der Waals surface area contributed by atoms with Crippen LogP contribution in [-0.2, 0) is 22.9 Å². The lowest BCUT2D eigenvalue weighted by atomic mass is 10.3. The van der Waals surface area contributed by atoms with Gasteiger partial charge in [0.05, 0.1) is 34.4 Å². The molecule has 0 aliphatic carbocycles. The number of para-hydroxylation sites is 4. The van der Waals surface area contributed by atoms with Gasteiger partial charge in [-0.05, 0) is 24.3 Å². The number of hydrogen-bond donors (Lipinski definition) is 1. The fraction of sp³-hybridized carbons (Fsp3) is 0.222. The summed E-state index contributed by atoms with van der Waals surface area (Å²) in [5.74, 6) is 0.671. The standard InChI is InChI=1S/C18H18N4O3S/c1-26(24,25)11-10-21-15-8-4-2-6-13(15)19-17(21)12-22-16-9-5-3-7-14(16)20-18(22)23/h2-9H,10-12H2,1H3,(H,20,23). The molecule has 1 N–H and O–H groups in total. The highest BCUT2D eigenvalue weighted by Crippen LogP contribution is 2.18. The van der Waals surface area contributed by atoms with Crippen LogP contribution in [0, 0.1) is 0 Å². The van der Waals surface area contributed by atoms with E-state index in [0.29, 0.717) is 12.4 Å². The Kier molecular flexibility index (Phi) is 3.91. The molecule has 0 aliphatic rings. The minimum absolute atomic E-state index is 0.0170. The molecule has 134 valence electrons. The van der Waals surface area contributed by atoms with E-state index in [9.17, 15) is 13.2 Å². The van der Waals surface area contributed by atoms with Crippen molar-refractivity contribution in [1.29, 1.82) is 0 Å². The van der Waals surface area contributed by atoms with Crippen LogP contribution in [0.15, 0.2) is 53.3 Å². The molecule has 4 rings (SSSR count). The number of aryl methyl sites for hydroxylation is 1. The van der Waals surface area contributed by atoms with Gasteiger partial charge < -0.3 is 9.55 Å². The third-order valence-electron chi connectivity index (χ3n) is 4.40. The van der Waals surface area contributed by atoms with Crippen LogP contribution in [-0.4, -0.2) is 39.5 Å². The summed E-state index contributed by atoms with van der Waals surface area (Å²) in [5, 5.41) is 0. The topological polar surface area (TPSA) is 89.8 Å². The molecular formula is C18H18N4O3S. The van der Waals surface area contributed by atoms with Crippen LogP contribution < -0.4 is 5.69 Å². The number of nitrogens with zero attached hydrogens (tertiary/aromatic N) is 3. The van der Waals surface area contributed by atoms with E-state index in [1.165, 1.54) is 6.26 Å². The molecule has 0 saturated heterocycles. The van der Waals surface area contributed by atoms with Gasteiger partial charge in [0.15, 0.2) is 0 Å². The maximum absolute atomic E-state index is 12.4. The molecular weight excluding hydrogens is 352 g/mol. The van der Waals surface area contributed by atoms with Crippen LogP contribution in [0.1, 0.15) is 5.82 Å². The Balaban J connectivity index is 1.83. The molecule has 0 spiro atoms. The summed E-state index contributed by atoms with van der Waals surface area (Å²) in [6, 6.07) is 15.0. The van der Waals surface area contributed by atoms with Gasteiger partial charge in [-0.25, -0.2) is 18.2 Å². The molecule has 0 saturated carbocycles. The van der Waals surface area contributed by atoms with E-state index in [-0.39, 0.29) is 18.0 Å². The lowest BCUT2D eigenvalue weighted by molar-refractivity contribution is 0.591. The van der Waals surface area contributed by atoms with Gasteiger partial charge in [-0.1, -0.05) is 24.3 Å². The van der Waals surface area contributed by atoms with Gasteiger partial charge in [0, 0.05) is 12.8 Å². The third-order valence-corrected chi connectivity index (χ3v) is 5.32. The van der Waals surface area contributed by atoms with Gasteiger partial charge in [-0.15, -0.1) is 0 Å². The Morgan fingerprint density at radius 1 is 1.00 bits per heavy atom. The van der Waals surface area contributed by atoms with Gasteiger partial charge in [-0.3, -0.25) is 4.57 Å². The van der Waals surface area contributed by atoms with Crippen molar-refractivity contribution in [3.05, 3.63) is 64.8 Å². The number of imidazole rings is 2. The maximum atomic E-state index is 12.4. The smallest absolute Gasteiger partial charge is 0.325 e. The second-order valence-corrected chi connectivity index (χ2v) is 8.59. The number of rotatable bonds is 5. The first-order valence-corrected chi connectivity index (χ1v) is 10.3. The predicted molar refractivity (Wildman–Crippen MR) is 101 cm³/mol. The number of fused-ring (bicyclic) bond motifs is 2. The SMILES string of the molecule is CS(=O)(=O)CCn1c(Cn2c(=O)[nH]c3ccccc32)nc2ccccc21. The number of nitrogens with one attached hydrogen (secondary N) is 1. The predicted octanol–water partition coefficient (Wildman–Crippen LogP) is 1.77. The maximum Gasteiger partial charge on any atom is 0.326 e. The van der Waals surface area contributed by atoms with E-state index in [1.54, 1.807) is 4.57 Å². The fourth-order valence-corrected chi connectivity index (χ4v) is 3.67. The van der Waals surface area contributed by atoms with Crippen LogP contribution in [0.4, 0.5) is 0 Å². The third kappa shape index (κ3) is 3.03. The summed E-state index contributed by atoms with van der Waals surface area (Å²) in [4.78, 5) is 19.8. The van der Waals surface area contributed by atoms with Crippen LogP contribution in [0.25, 0.3) is 22.1 Å². The number of aromatic amines is 1. The van der Waals surface area contributed by atoms with Crippen LogP contribution in [0.3, 0.4) is 0 Å². The van der Waals surface area contributed by atoms with Gasteiger partial charge >= 0.3 is 5.69 Å². The second kappa shape index (κ2) is 6.14. The summed E-state index contributed by atoms with van der Waals surface area (Å²) in [5.41, 5.74) is 2.98. The highest BCUT2D eigenvalue weighted by Gasteiger charge is 2.15. The largest absolute Gasteiger partial charge is 0.326 e. The Morgan fingerprint density at radius 3 is 2.46 bits per heavy atom. The van der Waals surface area contributed by atoms with Crippen molar-refractivity contribution in [3.8, 4) is 0 Å². The van der Waals surface area contributed by atoms with E-state index >= 15 is 0 Å². The zero-order valence-electron chi connectivity index (χ0n) is 14.2. The molecule has 0 bridgehead atoms. The van der Waals surface area contributed by atoms with Crippen LogP contribution in [0.2, 0.25) is 0 Å². The van der Waals surface area contributed by atoms with Crippen molar-refractivity contribution in [2.75, 3.05) is 12.0 Å². The average Bonchev–Trinajstić information content (AvgIpc) is 3.10. The molecule has 4 aromatic rings. The van der Waals surface area contributed by atoms with Gasteiger partial charge in [0.2, 0.25) is 0 Å². The molecule has 0 aliphatic heterocycles. The minimum Gasteiger partial charge on any atom is -0.325 e. The van der Waals surface area contributed by atoms with Gasteiger partial charge in [0.25, 0.3) is 0 Å². The highest BCUT2D eigenvalue weighted by molar-refractivity contribution is 7.90. The fourth-order valence-electron chi connectivity index (χ4n) is 3.16. The molecule has 8 heteroatoms. The lowest BCUT2D eigenvalue weighted by Crippen LogP contribution is -2.21. The number of hydrogen-bond acceptors (Lipinski definition) is 4. The first kappa shape index (κ1) is 16.6. The molecule has 2 aromatic heterocycles. The van der Waals surface area contributed by atoms with Crippen molar-refractivity contribution < 1.29 is 8.42 Å². The number of sulfone groups is 1. The summed E-state index contributed by atoms with van der Waals surface area (Å²) in [7, 11) is -3.11. The Morgan fingerprint density at radius 2 is 1.69 bits per heavy atom. The van der Waals surface area contributed by atoms with E-state index in [1.807, 2.05) is 53.1 Å². The van der Waals surface area contributed by atoms with Gasteiger partial charge in [-0.2, -0.15) is 0 Å². The first-order chi connectivity index (χ1) is 12.4. The van der Waals surface area contributed by atoms with Crippen LogP contribution >= 0.6 is 0 Å². The van der Waals surface area contributed by atoms with E-state index in [0.717, 1.165) is 22.1 Å². The van der Waals surface area contributed by atoms with E-state index in [4.69, 9.17) is 0 Å². The molecule has 0 unspecified atom stereocenters. The van der Waals surface area contributed by atoms with Crippen molar-refractivity contribution in [2.45, 2.75) is 13.1 Å². The molecule has 26 heavy (non-hydrogen) atoms. The zero-order valence-corrected chi connectivity index (χ0v) is 15.0. The van der Waals surface area contributed by atoms with Crippen LogP contribution in [0.5, 0.6) is 0 Å². The zero-order chi connectivity index (χ0) is 18.3. The Hall–Kier alpha value is -2.87. The molecule has 0 amide bonds. The number of H-pyrrole nitrogens is 1. The first-order valence-electron chi connectivity index (χ1n) is 8.22. The molecule has 2 heterocycles. The average molecular weight is 370 g/mol. The Bertz CT molecular complexity index is 1260. The van der Waals surface area contributed by atoms with E-state index in [2.05, 4.69) is 9.97 Å². The molecule has 2 aromatic carbocycles. The second-order valence-electron chi connectivity index (χ2n) is 6.33. The molecule has 0 radical (unpaired) electrons. The monoisotopic (exact) mass is 370 g/mol. The van der Waals surface area contributed by atoms with Crippen molar-refractivity contribution in [2.24, 2.45) is 0 Å². The minimum atomic E-state index is -3.11. The Labute approximate surface area is 149 Å². The lowest BCUT2D eigenvalue weighted by Gasteiger charge is -2.09. The normalized spacial score (nSPS) is 12.2. The summed E-state index contributed by atoms with van der Waals surface area (Å²) in [6.45, 7) is 0.563. The molecule has 0 atom stereocenters. The summed E-state index contributed by atoms with van der Waals surface area (Å²) < 4.78 is 26.7.